The van der Waals surface area contributed by atoms with Crippen LogP contribution in [0.4, 0.5) is 5.82 Å². The molecule has 0 fully saturated rings. The van der Waals surface area contributed by atoms with Gasteiger partial charge in [-0.1, -0.05) is 0 Å². The van der Waals surface area contributed by atoms with Crippen LogP contribution in [0, 0.1) is 0 Å². The van der Waals surface area contributed by atoms with Crippen molar-refractivity contribution >= 4 is 16.9 Å². The van der Waals surface area contributed by atoms with E-state index in [1.54, 1.807) is 25.0 Å². The van der Waals surface area contributed by atoms with Crippen molar-refractivity contribution in [2.45, 2.75) is 0 Å². The number of nitrogen functional groups attached to an aromatic ring is 1. The summed E-state index contributed by atoms with van der Waals surface area (Å²) in [7, 11) is 3.43. The number of aryl methyl sites for hydroxylation is 1. The van der Waals surface area contributed by atoms with Crippen LogP contribution in [-0.4, -0.2) is 26.9 Å². The van der Waals surface area contributed by atoms with E-state index in [2.05, 4.69) is 15.1 Å². The Morgan fingerprint density at radius 3 is 2.89 bits per heavy atom. The molecule has 92 valence electrons. The fourth-order valence-corrected chi connectivity index (χ4v) is 1.87. The number of ether oxygens (including phenoxy) is 1. The van der Waals surface area contributed by atoms with Crippen molar-refractivity contribution < 1.29 is 4.74 Å². The van der Waals surface area contributed by atoms with Gasteiger partial charge in [-0.3, -0.25) is 4.68 Å². The zero-order valence-electron chi connectivity index (χ0n) is 10.1. The normalized spacial score (nSPS) is 11.0. The summed E-state index contributed by atoms with van der Waals surface area (Å²) >= 11 is 0. The molecule has 0 radical (unpaired) electrons. The number of nitrogens with two attached hydrogens (primary N) is 1. The van der Waals surface area contributed by atoms with Gasteiger partial charge >= 0.3 is 0 Å². The quantitative estimate of drug-likeness (QED) is 0.715. The number of imidazole rings is 1. The number of rotatable bonds is 2. The number of methoxy groups -OCH3 is 1. The van der Waals surface area contributed by atoms with Crippen LogP contribution in [0.2, 0.25) is 0 Å². The molecule has 0 aliphatic carbocycles. The molecule has 2 aromatic heterocycles. The number of aromatic nitrogens is 4. The van der Waals surface area contributed by atoms with E-state index in [-0.39, 0.29) is 0 Å². The minimum Gasteiger partial charge on any atom is -0.497 e. The third-order valence-corrected chi connectivity index (χ3v) is 2.93. The summed E-state index contributed by atoms with van der Waals surface area (Å²) in [6.45, 7) is 0. The zero-order valence-corrected chi connectivity index (χ0v) is 10.1. The summed E-state index contributed by atoms with van der Waals surface area (Å²) in [5.74, 6) is 2.08. The van der Waals surface area contributed by atoms with Crippen LogP contribution in [0.25, 0.3) is 22.4 Å². The van der Waals surface area contributed by atoms with Gasteiger partial charge in [-0.15, -0.1) is 0 Å². The molecule has 3 N–H and O–H groups in total. The van der Waals surface area contributed by atoms with Crippen LogP contribution in [0.1, 0.15) is 0 Å². The lowest BCUT2D eigenvalue weighted by molar-refractivity contribution is 0.415. The molecule has 0 saturated carbocycles. The molecule has 0 aliphatic rings. The first kappa shape index (κ1) is 10.6. The largest absolute Gasteiger partial charge is 0.497 e. The average molecular weight is 243 g/mol. The van der Waals surface area contributed by atoms with E-state index in [1.165, 1.54) is 0 Å². The third-order valence-electron chi connectivity index (χ3n) is 2.93. The molecule has 1 aromatic carbocycles. The number of nitrogens with zero attached hydrogens (tertiary/aromatic N) is 3. The Morgan fingerprint density at radius 2 is 2.22 bits per heavy atom. The highest BCUT2D eigenvalue weighted by Crippen LogP contribution is 2.26. The van der Waals surface area contributed by atoms with Crippen molar-refractivity contribution in [2.24, 2.45) is 7.05 Å². The maximum atomic E-state index is 5.93. The van der Waals surface area contributed by atoms with E-state index in [0.29, 0.717) is 11.6 Å². The topological polar surface area (TPSA) is 81.8 Å². The fraction of sp³-hybridized carbons (Fsp3) is 0.167. The highest BCUT2D eigenvalue weighted by molar-refractivity contribution is 5.82. The third kappa shape index (κ3) is 1.50. The van der Waals surface area contributed by atoms with Crippen LogP contribution in [-0.2, 0) is 7.05 Å². The first-order valence-corrected chi connectivity index (χ1v) is 5.50. The molecule has 2 heterocycles. The molecule has 0 bridgehead atoms. The second-order valence-corrected chi connectivity index (χ2v) is 4.04. The number of nitrogens with one attached hydrogen (secondary N) is 1. The van der Waals surface area contributed by atoms with Gasteiger partial charge in [0.15, 0.2) is 0 Å². The van der Waals surface area contributed by atoms with E-state index in [0.717, 1.165) is 22.3 Å². The van der Waals surface area contributed by atoms with Crippen LogP contribution in [0.5, 0.6) is 5.75 Å². The number of fused-ring (bicyclic) bond motifs is 1. The Labute approximate surface area is 103 Å². The number of H-pyrrole nitrogens is 1. The molecule has 18 heavy (non-hydrogen) atoms. The lowest BCUT2D eigenvalue weighted by Gasteiger charge is -1.96. The Morgan fingerprint density at radius 1 is 1.39 bits per heavy atom. The predicted molar refractivity (Wildman–Crippen MR) is 69.3 cm³/mol. The van der Waals surface area contributed by atoms with Gasteiger partial charge in [0.25, 0.3) is 0 Å². The van der Waals surface area contributed by atoms with Crippen molar-refractivity contribution in [3.63, 3.8) is 0 Å². The van der Waals surface area contributed by atoms with E-state index in [1.807, 2.05) is 18.2 Å². The first-order valence-electron chi connectivity index (χ1n) is 5.50. The molecule has 3 aromatic rings. The van der Waals surface area contributed by atoms with Crippen LogP contribution in [0.15, 0.2) is 24.4 Å². The summed E-state index contributed by atoms with van der Waals surface area (Å²) in [6, 6.07) is 5.68. The van der Waals surface area contributed by atoms with E-state index in [4.69, 9.17) is 10.5 Å². The van der Waals surface area contributed by atoms with Crippen LogP contribution < -0.4 is 10.5 Å². The standard InChI is InChI=1S/C12H13N5O/c1-17-11(13)8(6-14-17)12-15-9-4-3-7(18-2)5-10(9)16-12/h3-6H,13H2,1-2H3,(H,15,16). The minimum absolute atomic E-state index is 0.584. The molecule has 6 nitrogen and oxygen atoms in total. The lowest BCUT2D eigenvalue weighted by atomic mass is 10.3. The number of anilines is 1. The van der Waals surface area contributed by atoms with Gasteiger partial charge in [-0.05, 0) is 12.1 Å². The highest BCUT2D eigenvalue weighted by atomic mass is 16.5. The molecule has 0 amide bonds. The van der Waals surface area contributed by atoms with E-state index >= 15 is 0 Å². The number of aromatic amines is 1. The molecular weight excluding hydrogens is 230 g/mol. The Balaban J connectivity index is 2.16. The number of hydrogen-bond donors (Lipinski definition) is 2. The summed E-state index contributed by atoms with van der Waals surface area (Å²) in [5.41, 5.74) is 8.51. The van der Waals surface area contributed by atoms with Gasteiger partial charge in [-0.2, -0.15) is 5.10 Å². The van der Waals surface area contributed by atoms with Crippen LogP contribution in [0.3, 0.4) is 0 Å². The minimum atomic E-state index is 0.584. The molecular formula is C12H13N5O. The molecule has 6 heteroatoms. The predicted octanol–water partition coefficient (Wildman–Crippen LogP) is 1.55. The highest BCUT2D eigenvalue weighted by Gasteiger charge is 2.12. The van der Waals surface area contributed by atoms with E-state index < -0.39 is 0 Å². The molecule has 0 aliphatic heterocycles. The van der Waals surface area contributed by atoms with Gasteiger partial charge in [0.05, 0.1) is 29.9 Å². The van der Waals surface area contributed by atoms with Gasteiger partial charge in [0, 0.05) is 13.1 Å². The van der Waals surface area contributed by atoms with Crippen molar-refractivity contribution in [1.82, 2.24) is 19.7 Å². The summed E-state index contributed by atoms with van der Waals surface area (Å²) < 4.78 is 6.79. The molecule has 0 spiro atoms. The Kier molecular flexibility index (Phi) is 2.22. The second-order valence-electron chi connectivity index (χ2n) is 4.04. The maximum Gasteiger partial charge on any atom is 0.143 e. The van der Waals surface area contributed by atoms with E-state index in [9.17, 15) is 0 Å². The number of benzene rings is 1. The molecule has 3 rings (SSSR count). The van der Waals surface area contributed by atoms with Crippen molar-refractivity contribution in [3.05, 3.63) is 24.4 Å². The second kappa shape index (κ2) is 3.76. The summed E-state index contributed by atoms with van der Waals surface area (Å²) in [4.78, 5) is 7.70. The maximum absolute atomic E-state index is 5.93. The lowest BCUT2D eigenvalue weighted by Crippen LogP contribution is -1.98. The summed E-state index contributed by atoms with van der Waals surface area (Å²) in [6.07, 6.45) is 1.70. The van der Waals surface area contributed by atoms with Gasteiger partial charge in [0.1, 0.15) is 17.4 Å². The number of hydrogen-bond acceptors (Lipinski definition) is 4. The monoisotopic (exact) mass is 243 g/mol. The van der Waals surface area contributed by atoms with Gasteiger partial charge < -0.3 is 15.5 Å². The Hall–Kier alpha value is -2.50. The molecule has 0 unspecified atom stereocenters. The summed E-state index contributed by atoms with van der Waals surface area (Å²) in [5, 5.41) is 4.10. The van der Waals surface area contributed by atoms with Crippen molar-refractivity contribution in [3.8, 4) is 17.1 Å². The smallest absolute Gasteiger partial charge is 0.143 e. The SMILES string of the molecule is COc1ccc2nc(-c3cnn(C)c3N)[nH]c2c1. The first-order chi connectivity index (χ1) is 8.69. The molecule has 0 atom stereocenters. The van der Waals surface area contributed by atoms with Crippen LogP contribution >= 0.6 is 0 Å². The average Bonchev–Trinajstić information content (AvgIpc) is 2.93. The van der Waals surface area contributed by atoms with Crippen molar-refractivity contribution in [2.75, 3.05) is 12.8 Å². The van der Waals surface area contributed by atoms with Gasteiger partial charge in [0.2, 0.25) is 0 Å². The molecule has 0 saturated heterocycles. The Bertz CT molecular complexity index is 712. The van der Waals surface area contributed by atoms with Gasteiger partial charge in [-0.25, -0.2) is 4.98 Å². The zero-order chi connectivity index (χ0) is 12.7. The van der Waals surface area contributed by atoms with Crippen molar-refractivity contribution in [1.29, 1.82) is 0 Å². The fourth-order valence-electron chi connectivity index (χ4n) is 1.87.